The molecule has 108 valence electrons. The van der Waals surface area contributed by atoms with E-state index in [0.29, 0.717) is 19.5 Å². The van der Waals surface area contributed by atoms with E-state index in [1.54, 1.807) is 13.8 Å². The molecule has 0 aromatic carbocycles. The summed E-state index contributed by atoms with van der Waals surface area (Å²) in [5.74, 6) is -0.762. The van der Waals surface area contributed by atoms with Gasteiger partial charge in [-0.2, -0.15) is 0 Å². The molecule has 0 spiro atoms. The average molecular weight is 275 g/mol. The molecular weight excluding hydrogens is 254 g/mol. The molecule has 0 radical (unpaired) electrons. The predicted molar refractivity (Wildman–Crippen MR) is 77.7 cm³/mol. The summed E-state index contributed by atoms with van der Waals surface area (Å²) in [5, 5.41) is 12.3. The number of aliphatic carboxylic acids is 1. The third kappa shape index (κ3) is 3.36. The molecule has 0 amide bonds. The van der Waals surface area contributed by atoms with E-state index in [1.165, 1.54) is 5.56 Å². The number of aromatic nitrogens is 2. The van der Waals surface area contributed by atoms with E-state index >= 15 is 0 Å². The van der Waals surface area contributed by atoms with Crippen molar-refractivity contribution >= 4 is 11.6 Å². The predicted octanol–water partition coefficient (Wildman–Crippen LogP) is 2.23. The molecule has 5 nitrogen and oxygen atoms in total. The van der Waals surface area contributed by atoms with Crippen LogP contribution in [0.4, 0.5) is 0 Å². The fourth-order valence-electron chi connectivity index (χ4n) is 1.97. The molecule has 0 bridgehead atoms. The minimum Gasteiger partial charge on any atom is -0.481 e. The lowest BCUT2D eigenvalue weighted by molar-refractivity contribution is -0.147. The van der Waals surface area contributed by atoms with E-state index in [2.05, 4.69) is 10.3 Å². The highest BCUT2D eigenvalue weighted by Crippen LogP contribution is 2.19. The summed E-state index contributed by atoms with van der Waals surface area (Å²) in [6, 6.07) is 4.03. The van der Waals surface area contributed by atoms with E-state index in [0.717, 1.165) is 11.3 Å². The van der Waals surface area contributed by atoms with Gasteiger partial charge in [0, 0.05) is 18.9 Å². The molecular formula is C15H21N3O2. The van der Waals surface area contributed by atoms with Gasteiger partial charge < -0.3 is 14.8 Å². The first-order valence-electron chi connectivity index (χ1n) is 6.77. The highest BCUT2D eigenvalue weighted by Gasteiger charge is 2.26. The van der Waals surface area contributed by atoms with Crippen LogP contribution in [0.15, 0.2) is 24.5 Å². The summed E-state index contributed by atoms with van der Waals surface area (Å²) < 4.78 is 2.01. The van der Waals surface area contributed by atoms with Gasteiger partial charge in [-0.05, 0) is 45.4 Å². The number of nitrogens with one attached hydrogen (secondary N) is 1. The zero-order valence-electron chi connectivity index (χ0n) is 12.2. The van der Waals surface area contributed by atoms with Crippen molar-refractivity contribution < 1.29 is 9.90 Å². The number of fused-ring (bicyclic) bond motifs is 1. The number of carboxylic acids is 1. The van der Waals surface area contributed by atoms with Crippen LogP contribution in [0.5, 0.6) is 0 Å². The Morgan fingerprint density at radius 3 is 2.85 bits per heavy atom. The smallest absolute Gasteiger partial charge is 0.309 e. The lowest BCUT2D eigenvalue weighted by Crippen LogP contribution is -2.28. The number of pyridine rings is 1. The SMILES string of the molecule is Cc1ccc2nc(CNCCC(C)(C)C(=O)O)cn2c1. The Bertz CT molecular complexity index is 617. The molecule has 0 fully saturated rings. The standard InChI is InChI=1S/C15H21N3O2/c1-11-4-5-13-17-12(10-18(13)9-11)8-16-7-6-15(2,3)14(19)20/h4-5,9-10,16H,6-8H2,1-3H3,(H,19,20). The Morgan fingerprint density at radius 2 is 2.15 bits per heavy atom. The first-order chi connectivity index (χ1) is 9.38. The second-order valence-electron chi connectivity index (χ2n) is 5.82. The third-order valence-corrected chi connectivity index (χ3v) is 3.46. The van der Waals surface area contributed by atoms with Crippen LogP contribution >= 0.6 is 0 Å². The van der Waals surface area contributed by atoms with Crippen LogP contribution in [-0.4, -0.2) is 27.0 Å². The molecule has 0 aliphatic heterocycles. The molecule has 2 N–H and O–H groups in total. The van der Waals surface area contributed by atoms with Gasteiger partial charge >= 0.3 is 5.97 Å². The van der Waals surface area contributed by atoms with Crippen LogP contribution in [0.25, 0.3) is 5.65 Å². The fraction of sp³-hybridized carbons (Fsp3) is 0.467. The van der Waals surface area contributed by atoms with Gasteiger partial charge in [-0.1, -0.05) is 6.07 Å². The Morgan fingerprint density at radius 1 is 1.40 bits per heavy atom. The van der Waals surface area contributed by atoms with Crippen LogP contribution in [0.3, 0.4) is 0 Å². The molecule has 0 aliphatic rings. The van der Waals surface area contributed by atoms with E-state index in [1.807, 2.05) is 35.9 Å². The van der Waals surface area contributed by atoms with Gasteiger partial charge in [-0.25, -0.2) is 4.98 Å². The summed E-state index contributed by atoms with van der Waals surface area (Å²) in [5.41, 5.74) is 2.39. The van der Waals surface area contributed by atoms with Crippen LogP contribution in [0.1, 0.15) is 31.5 Å². The minimum atomic E-state index is -0.762. The molecule has 20 heavy (non-hydrogen) atoms. The highest BCUT2D eigenvalue weighted by molar-refractivity contribution is 5.73. The van der Waals surface area contributed by atoms with Crippen LogP contribution < -0.4 is 5.32 Å². The Balaban J connectivity index is 1.89. The second-order valence-corrected chi connectivity index (χ2v) is 5.82. The average Bonchev–Trinajstić information content (AvgIpc) is 2.76. The number of nitrogens with zero attached hydrogens (tertiary/aromatic N) is 2. The van der Waals surface area contributed by atoms with Gasteiger partial charge in [0.25, 0.3) is 0 Å². The van der Waals surface area contributed by atoms with Crippen molar-refractivity contribution in [2.45, 2.75) is 33.7 Å². The number of carboxylic acid groups (broad SMARTS) is 1. The summed E-state index contributed by atoms with van der Waals surface area (Å²) in [4.78, 5) is 15.5. The van der Waals surface area contributed by atoms with E-state index in [4.69, 9.17) is 5.11 Å². The zero-order chi connectivity index (χ0) is 14.8. The summed E-state index contributed by atoms with van der Waals surface area (Å²) >= 11 is 0. The number of carbonyl (C=O) groups is 1. The molecule has 0 unspecified atom stereocenters. The van der Waals surface area contributed by atoms with Crippen molar-refractivity contribution in [2.75, 3.05) is 6.54 Å². The van der Waals surface area contributed by atoms with Crippen molar-refractivity contribution in [3.05, 3.63) is 35.8 Å². The van der Waals surface area contributed by atoms with Crippen molar-refractivity contribution in [3.8, 4) is 0 Å². The second kappa shape index (κ2) is 5.63. The van der Waals surface area contributed by atoms with Crippen molar-refractivity contribution in [1.82, 2.24) is 14.7 Å². The Kier molecular flexibility index (Phi) is 4.09. The minimum absolute atomic E-state index is 0.592. The van der Waals surface area contributed by atoms with Gasteiger partial charge in [0.1, 0.15) is 5.65 Å². The maximum atomic E-state index is 11.0. The van der Waals surface area contributed by atoms with Crippen LogP contribution in [0.2, 0.25) is 0 Å². The molecule has 2 heterocycles. The Hall–Kier alpha value is -1.88. The topological polar surface area (TPSA) is 66.6 Å². The van der Waals surface area contributed by atoms with E-state index < -0.39 is 11.4 Å². The summed E-state index contributed by atoms with van der Waals surface area (Å²) in [6.07, 6.45) is 4.63. The molecule has 0 aliphatic carbocycles. The molecule has 2 aromatic heterocycles. The largest absolute Gasteiger partial charge is 0.481 e. The summed E-state index contributed by atoms with van der Waals surface area (Å²) in [6.45, 7) is 6.84. The lowest BCUT2D eigenvalue weighted by atomic mass is 9.90. The first kappa shape index (κ1) is 14.5. The maximum absolute atomic E-state index is 11.0. The molecule has 0 saturated carbocycles. The molecule has 5 heteroatoms. The number of imidazole rings is 1. The quantitative estimate of drug-likeness (QED) is 0.793. The van der Waals surface area contributed by atoms with Gasteiger partial charge in [-0.3, -0.25) is 4.79 Å². The first-order valence-corrected chi connectivity index (χ1v) is 6.77. The third-order valence-electron chi connectivity index (χ3n) is 3.46. The molecule has 0 atom stereocenters. The molecule has 0 saturated heterocycles. The van der Waals surface area contributed by atoms with Crippen molar-refractivity contribution in [1.29, 1.82) is 0 Å². The monoisotopic (exact) mass is 275 g/mol. The number of hydrogen-bond acceptors (Lipinski definition) is 3. The number of aryl methyl sites for hydroxylation is 1. The number of rotatable bonds is 6. The maximum Gasteiger partial charge on any atom is 0.309 e. The lowest BCUT2D eigenvalue weighted by Gasteiger charge is -2.18. The van der Waals surface area contributed by atoms with Gasteiger partial charge in [0.05, 0.1) is 11.1 Å². The van der Waals surface area contributed by atoms with Gasteiger partial charge in [-0.15, -0.1) is 0 Å². The van der Waals surface area contributed by atoms with E-state index in [-0.39, 0.29) is 0 Å². The molecule has 2 aromatic rings. The highest BCUT2D eigenvalue weighted by atomic mass is 16.4. The van der Waals surface area contributed by atoms with Crippen LogP contribution in [-0.2, 0) is 11.3 Å². The number of hydrogen-bond donors (Lipinski definition) is 2. The normalized spacial score (nSPS) is 11.9. The van der Waals surface area contributed by atoms with Gasteiger partial charge in [0.15, 0.2) is 0 Å². The van der Waals surface area contributed by atoms with Crippen molar-refractivity contribution in [2.24, 2.45) is 5.41 Å². The molecule has 2 rings (SSSR count). The van der Waals surface area contributed by atoms with Gasteiger partial charge in [0.2, 0.25) is 0 Å². The van der Waals surface area contributed by atoms with E-state index in [9.17, 15) is 4.79 Å². The summed E-state index contributed by atoms with van der Waals surface area (Å²) in [7, 11) is 0. The van der Waals surface area contributed by atoms with Crippen molar-refractivity contribution in [3.63, 3.8) is 0 Å². The fourth-order valence-corrected chi connectivity index (χ4v) is 1.97. The Labute approximate surface area is 118 Å². The van der Waals surface area contributed by atoms with Crippen LogP contribution in [0, 0.1) is 12.3 Å². The zero-order valence-corrected chi connectivity index (χ0v) is 12.2.